The average Bonchev–Trinajstić information content (AvgIpc) is 2.01. The van der Waals surface area contributed by atoms with Crippen molar-refractivity contribution in [2.75, 3.05) is 0 Å². The zero-order valence-electron chi connectivity index (χ0n) is 7.40. The maximum Gasteiger partial charge on any atom is 0.220 e. The van der Waals surface area contributed by atoms with Crippen LogP contribution in [-0.4, -0.2) is 11.8 Å². The summed E-state index contributed by atoms with van der Waals surface area (Å²) in [5, 5.41) is 0. The first-order valence-corrected chi connectivity index (χ1v) is 4.68. The van der Waals surface area contributed by atoms with Crippen molar-refractivity contribution in [3.05, 3.63) is 0 Å². The van der Waals surface area contributed by atoms with Crippen molar-refractivity contribution in [2.45, 2.75) is 19.3 Å². The minimum Gasteiger partial charge on any atom is -0.369 e. The molecule has 4 nitrogen and oxygen atoms in total. The quantitative estimate of drug-likeness (QED) is 0.609. The summed E-state index contributed by atoms with van der Waals surface area (Å²) in [5.74, 6) is 0.102. The van der Waals surface area contributed by atoms with Crippen LogP contribution < -0.4 is 11.5 Å². The molecule has 0 unspecified atom stereocenters. The topological polar surface area (TPSA) is 86.2 Å². The van der Waals surface area contributed by atoms with E-state index < -0.39 is 0 Å². The first kappa shape index (κ1) is 8.53. The van der Waals surface area contributed by atoms with Gasteiger partial charge in [-0.2, -0.15) is 0 Å². The van der Waals surface area contributed by atoms with Gasteiger partial charge in [0.2, 0.25) is 11.8 Å². The largest absolute Gasteiger partial charge is 0.369 e. The van der Waals surface area contributed by atoms with E-state index in [2.05, 4.69) is 0 Å². The first-order valence-electron chi connectivity index (χ1n) is 4.68. The molecule has 3 aliphatic carbocycles. The third kappa shape index (κ3) is 1.20. The molecule has 4 N–H and O–H groups in total. The summed E-state index contributed by atoms with van der Waals surface area (Å²) < 4.78 is 0. The van der Waals surface area contributed by atoms with Crippen LogP contribution in [0.1, 0.15) is 19.3 Å². The van der Waals surface area contributed by atoms with E-state index >= 15 is 0 Å². The summed E-state index contributed by atoms with van der Waals surface area (Å²) >= 11 is 0. The van der Waals surface area contributed by atoms with E-state index in [4.69, 9.17) is 11.5 Å². The summed E-state index contributed by atoms with van der Waals surface area (Å²) in [4.78, 5) is 22.1. The van der Waals surface area contributed by atoms with Gasteiger partial charge in [0.15, 0.2) is 0 Å². The fraction of sp³-hybridized carbons (Fsp3) is 0.778. The average molecular weight is 182 g/mol. The number of hydrogen-bond donors (Lipinski definition) is 2. The molecule has 0 spiro atoms. The van der Waals surface area contributed by atoms with Gasteiger partial charge in [0.05, 0.1) is 0 Å². The number of rotatable bonds is 2. The zero-order valence-corrected chi connectivity index (χ0v) is 7.40. The Morgan fingerprint density at radius 3 is 1.54 bits per heavy atom. The molecule has 2 atom stereocenters. The molecule has 0 radical (unpaired) electrons. The van der Waals surface area contributed by atoms with Crippen LogP contribution in [0.5, 0.6) is 0 Å². The lowest BCUT2D eigenvalue weighted by molar-refractivity contribution is -0.138. The van der Waals surface area contributed by atoms with Gasteiger partial charge < -0.3 is 11.5 Å². The van der Waals surface area contributed by atoms with Crippen LogP contribution in [-0.2, 0) is 9.59 Å². The molecule has 3 fully saturated rings. The van der Waals surface area contributed by atoms with Crippen molar-refractivity contribution in [1.29, 1.82) is 0 Å². The van der Waals surface area contributed by atoms with Crippen molar-refractivity contribution < 1.29 is 9.59 Å². The summed E-state index contributed by atoms with van der Waals surface area (Å²) in [7, 11) is 0. The van der Waals surface area contributed by atoms with E-state index in [1.54, 1.807) is 0 Å². The second-order valence-corrected chi connectivity index (χ2v) is 4.24. The SMILES string of the molecule is NC(=O)[C@H]1C[C@@H](C(N)=O)C2CC1C2. The molecule has 4 heteroatoms. The summed E-state index contributed by atoms with van der Waals surface area (Å²) in [6.45, 7) is 0. The number of carbonyl (C=O) groups excluding carboxylic acids is 2. The second kappa shape index (κ2) is 2.72. The normalized spacial score (nSPS) is 42.2. The van der Waals surface area contributed by atoms with Gasteiger partial charge in [-0.05, 0) is 31.1 Å². The lowest BCUT2D eigenvalue weighted by atomic mass is 9.55. The number of hydrogen-bond acceptors (Lipinski definition) is 2. The van der Waals surface area contributed by atoms with Crippen molar-refractivity contribution in [1.82, 2.24) is 0 Å². The van der Waals surface area contributed by atoms with Crippen LogP contribution in [0.25, 0.3) is 0 Å². The highest BCUT2D eigenvalue weighted by Gasteiger charge is 2.49. The minimum atomic E-state index is -0.269. The van der Waals surface area contributed by atoms with Gasteiger partial charge in [-0.3, -0.25) is 9.59 Å². The van der Waals surface area contributed by atoms with E-state index in [9.17, 15) is 9.59 Å². The van der Waals surface area contributed by atoms with Crippen LogP contribution in [0, 0.1) is 23.7 Å². The summed E-state index contributed by atoms with van der Waals surface area (Å²) in [6, 6.07) is 0. The molecule has 2 bridgehead atoms. The molecule has 3 rings (SSSR count). The molecule has 3 aliphatic rings. The molecule has 0 aromatic rings. The number of nitrogens with two attached hydrogens (primary N) is 2. The monoisotopic (exact) mass is 182 g/mol. The molecule has 0 aliphatic heterocycles. The Kier molecular flexibility index (Phi) is 1.78. The molecule has 0 saturated heterocycles. The standard InChI is InChI=1S/C9H14N2O2/c10-8(12)6-3-7(9(11)13)5-1-4(6)2-5/h4-7H,1-3H2,(H2,10,12)(H2,11,13)/t4?,5?,6-,7+. The predicted molar refractivity (Wildman–Crippen MR) is 46.2 cm³/mol. The molecule has 3 saturated carbocycles. The Morgan fingerprint density at radius 1 is 0.846 bits per heavy atom. The van der Waals surface area contributed by atoms with E-state index in [0.717, 1.165) is 12.8 Å². The number of carbonyl (C=O) groups is 2. The van der Waals surface area contributed by atoms with E-state index in [1.165, 1.54) is 0 Å². The maximum atomic E-state index is 11.0. The van der Waals surface area contributed by atoms with Crippen LogP contribution in [0.2, 0.25) is 0 Å². The summed E-state index contributed by atoms with van der Waals surface area (Å²) in [5.41, 5.74) is 10.5. The van der Waals surface area contributed by atoms with Crippen molar-refractivity contribution in [2.24, 2.45) is 35.1 Å². The fourth-order valence-electron chi connectivity index (χ4n) is 2.72. The molecule has 0 aromatic carbocycles. The predicted octanol–water partition coefficient (Wildman–Crippen LogP) is -0.381. The van der Waals surface area contributed by atoms with Gasteiger partial charge in [0.25, 0.3) is 0 Å². The third-order valence-electron chi connectivity index (χ3n) is 3.59. The first-order chi connectivity index (χ1) is 6.09. The van der Waals surface area contributed by atoms with Crippen LogP contribution >= 0.6 is 0 Å². The van der Waals surface area contributed by atoms with Crippen molar-refractivity contribution in [3.63, 3.8) is 0 Å². The minimum absolute atomic E-state index is 0.109. The Labute approximate surface area is 76.6 Å². The molecule has 13 heavy (non-hydrogen) atoms. The molecule has 72 valence electrons. The second-order valence-electron chi connectivity index (χ2n) is 4.24. The lowest BCUT2D eigenvalue weighted by Gasteiger charge is -2.49. The lowest BCUT2D eigenvalue weighted by Crippen LogP contribution is -2.50. The highest BCUT2D eigenvalue weighted by atomic mass is 16.1. The molecule has 0 aromatic heterocycles. The maximum absolute atomic E-state index is 11.0. The van der Waals surface area contributed by atoms with E-state index in [-0.39, 0.29) is 23.7 Å². The zero-order chi connectivity index (χ0) is 9.59. The number of primary amides is 2. The fourth-order valence-corrected chi connectivity index (χ4v) is 2.72. The summed E-state index contributed by atoms with van der Waals surface area (Å²) in [6.07, 6.45) is 2.50. The number of amides is 2. The highest BCUT2D eigenvalue weighted by molar-refractivity contribution is 5.81. The molecular weight excluding hydrogens is 168 g/mol. The van der Waals surface area contributed by atoms with E-state index in [0.29, 0.717) is 18.3 Å². The van der Waals surface area contributed by atoms with Gasteiger partial charge >= 0.3 is 0 Å². The van der Waals surface area contributed by atoms with Gasteiger partial charge in [-0.15, -0.1) is 0 Å². The Balaban J connectivity index is 2.10. The van der Waals surface area contributed by atoms with Gasteiger partial charge in [0, 0.05) is 11.8 Å². The van der Waals surface area contributed by atoms with Crippen LogP contribution in [0.3, 0.4) is 0 Å². The Morgan fingerprint density at radius 2 is 1.23 bits per heavy atom. The van der Waals surface area contributed by atoms with E-state index in [1.807, 2.05) is 0 Å². The van der Waals surface area contributed by atoms with Crippen molar-refractivity contribution >= 4 is 11.8 Å². The Bertz CT molecular complexity index is 234. The third-order valence-corrected chi connectivity index (χ3v) is 3.59. The molecule has 0 heterocycles. The van der Waals surface area contributed by atoms with Gasteiger partial charge in [-0.25, -0.2) is 0 Å². The highest BCUT2D eigenvalue weighted by Crippen LogP contribution is 2.51. The number of fused-ring (bicyclic) bond motifs is 2. The van der Waals surface area contributed by atoms with Gasteiger partial charge in [-0.1, -0.05) is 0 Å². The van der Waals surface area contributed by atoms with Crippen molar-refractivity contribution in [3.8, 4) is 0 Å². The molecular formula is C9H14N2O2. The Hall–Kier alpha value is -1.06. The smallest absolute Gasteiger partial charge is 0.220 e. The van der Waals surface area contributed by atoms with Crippen LogP contribution in [0.4, 0.5) is 0 Å². The molecule has 2 amide bonds. The van der Waals surface area contributed by atoms with Gasteiger partial charge in [0.1, 0.15) is 0 Å². The van der Waals surface area contributed by atoms with Crippen LogP contribution in [0.15, 0.2) is 0 Å².